The molecule has 34 heavy (non-hydrogen) atoms. The number of amides is 3. The van der Waals surface area contributed by atoms with Crippen LogP contribution in [0.25, 0.3) is 10.8 Å². The molecule has 3 amide bonds. The summed E-state index contributed by atoms with van der Waals surface area (Å²) in [5, 5.41) is 18.7. The van der Waals surface area contributed by atoms with Crippen LogP contribution in [0.15, 0.2) is 60.7 Å². The van der Waals surface area contributed by atoms with Gasteiger partial charge in [0.25, 0.3) is 11.8 Å². The zero-order valence-corrected chi connectivity index (χ0v) is 19.3. The second-order valence-electron chi connectivity index (χ2n) is 8.71. The normalized spacial score (nSPS) is 16.1. The Morgan fingerprint density at radius 3 is 2.65 bits per heavy atom. The van der Waals surface area contributed by atoms with Crippen molar-refractivity contribution < 1.29 is 14.4 Å². The molecule has 4 rings (SSSR count). The summed E-state index contributed by atoms with van der Waals surface area (Å²) >= 11 is 0. The number of fused-ring (bicyclic) bond motifs is 1. The van der Waals surface area contributed by atoms with Gasteiger partial charge in [-0.15, -0.1) is 0 Å². The number of nitrogens with one attached hydrogen (secondary N) is 4. The molecule has 7 heteroatoms. The van der Waals surface area contributed by atoms with Crippen LogP contribution in [-0.4, -0.2) is 30.0 Å². The number of anilines is 1. The molecular formula is C27H28N4O3. The van der Waals surface area contributed by atoms with E-state index in [1.165, 1.54) is 0 Å². The van der Waals surface area contributed by atoms with E-state index >= 15 is 0 Å². The van der Waals surface area contributed by atoms with Gasteiger partial charge in [0.2, 0.25) is 5.91 Å². The van der Waals surface area contributed by atoms with Crippen molar-refractivity contribution in [3.63, 3.8) is 0 Å². The van der Waals surface area contributed by atoms with Gasteiger partial charge in [-0.2, -0.15) is 0 Å². The molecule has 0 spiro atoms. The molecule has 0 bridgehead atoms. The van der Waals surface area contributed by atoms with E-state index in [0.717, 1.165) is 21.9 Å². The van der Waals surface area contributed by atoms with Crippen molar-refractivity contribution in [2.45, 2.75) is 32.7 Å². The summed E-state index contributed by atoms with van der Waals surface area (Å²) in [5.74, 6) is -1.27. The zero-order valence-electron chi connectivity index (χ0n) is 19.3. The number of hydrogen-bond donors (Lipinski definition) is 4. The molecule has 4 N–H and O–H groups in total. The number of hydrogen-bond acceptors (Lipinski definition) is 4. The lowest BCUT2D eigenvalue weighted by Crippen LogP contribution is -2.28. The average Bonchev–Trinajstić information content (AvgIpc) is 3.23. The lowest BCUT2D eigenvalue weighted by atomic mass is 9.99. The first kappa shape index (κ1) is 23.2. The van der Waals surface area contributed by atoms with Crippen LogP contribution in [0, 0.1) is 18.3 Å². The van der Waals surface area contributed by atoms with E-state index in [-0.39, 0.29) is 35.9 Å². The highest BCUT2D eigenvalue weighted by atomic mass is 16.2. The Balaban J connectivity index is 1.45. The third kappa shape index (κ3) is 4.98. The average molecular weight is 457 g/mol. The van der Waals surface area contributed by atoms with Crippen molar-refractivity contribution in [1.82, 2.24) is 10.6 Å². The molecular weight excluding hydrogens is 428 g/mol. The minimum Gasteiger partial charge on any atom is -0.356 e. The topological polar surface area (TPSA) is 111 Å². The molecule has 0 radical (unpaired) electrons. The SMILES string of the molecule is Cc1ccc(NC(=O)C(=N)C[C@@H]2CCNC2=O)cc1C(=O)N[C@H](C)c1cccc2ccccc12. The maximum atomic E-state index is 13.1. The van der Waals surface area contributed by atoms with Crippen LogP contribution in [-0.2, 0) is 9.59 Å². The van der Waals surface area contributed by atoms with Gasteiger partial charge in [0.1, 0.15) is 0 Å². The molecule has 0 saturated carbocycles. The fraction of sp³-hybridized carbons (Fsp3) is 0.259. The summed E-state index contributed by atoms with van der Waals surface area (Å²) in [6.07, 6.45) is 0.720. The first-order valence-electron chi connectivity index (χ1n) is 11.4. The van der Waals surface area contributed by atoms with E-state index in [1.54, 1.807) is 18.2 Å². The highest BCUT2D eigenvalue weighted by molar-refractivity contribution is 6.42. The van der Waals surface area contributed by atoms with Crippen molar-refractivity contribution in [2.75, 3.05) is 11.9 Å². The fourth-order valence-corrected chi connectivity index (χ4v) is 4.31. The summed E-state index contributed by atoms with van der Waals surface area (Å²) in [7, 11) is 0. The summed E-state index contributed by atoms with van der Waals surface area (Å²) in [5.41, 5.74) is 2.53. The van der Waals surface area contributed by atoms with Crippen LogP contribution >= 0.6 is 0 Å². The molecule has 1 fully saturated rings. The largest absolute Gasteiger partial charge is 0.356 e. The number of benzene rings is 3. The number of carbonyl (C=O) groups excluding carboxylic acids is 3. The fourth-order valence-electron chi connectivity index (χ4n) is 4.31. The van der Waals surface area contributed by atoms with Crippen molar-refractivity contribution >= 4 is 39.9 Å². The Labute approximate surface area is 198 Å². The van der Waals surface area contributed by atoms with E-state index in [9.17, 15) is 14.4 Å². The van der Waals surface area contributed by atoms with Crippen LogP contribution in [0.2, 0.25) is 0 Å². The van der Waals surface area contributed by atoms with Gasteiger partial charge in [-0.3, -0.25) is 19.8 Å². The van der Waals surface area contributed by atoms with E-state index < -0.39 is 5.91 Å². The summed E-state index contributed by atoms with van der Waals surface area (Å²) in [6, 6.07) is 18.9. The maximum Gasteiger partial charge on any atom is 0.269 e. The standard InChI is InChI=1S/C27H28N4O3/c1-16-10-11-20(31-27(34)24(28)14-19-12-13-29-25(19)32)15-23(16)26(33)30-17(2)21-9-5-7-18-6-3-4-8-22(18)21/h3-11,15,17,19,28H,12-14H2,1-2H3,(H,29,32)(H,30,33)(H,31,34)/t17-,19+/m1/s1. The van der Waals surface area contributed by atoms with Crippen molar-refractivity contribution in [2.24, 2.45) is 5.92 Å². The molecule has 2 atom stereocenters. The van der Waals surface area contributed by atoms with E-state index in [1.807, 2.05) is 56.3 Å². The molecule has 0 aliphatic carbocycles. The first-order valence-corrected chi connectivity index (χ1v) is 11.4. The Morgan fingerprint density at radius 1 is 1.12 bits per heavy atom. The molecule has 1 aliphatic rings. The summed E-state index contributed by atoms with van der Waals surface area (Å²) in [6.45, 7) is 4.36. The summed E-state index contributed by atoms with van der Waals surface area (Å²) in [4.78, 5) is 37.3. The van der Waals surface area contributed by atoms with Gasteiger partial charge in [0, 0.05) is 30.1 Å². The Morgan fingerprint density at radius 2 is 1.88 bits per heavy atom. The molecule has 7 nitrogen and oxygen atoms in total. The molecule has 1 heterocycles. The lowest BCUT2D eigenvalue weighted by molar-refractivity contribution is -0.122. The molecule has 1 aliphatic heterocycles. The van der Waals surface area contributed by atoms with E-state index in [2.05, 4.69) is 16.0 Å². The predicted octanol–water partition coefficient (Wildman–Crippen LogP) is 4.12. The molecule has 3 aromatic carbocycles. The van der Waals surface area contributed by atoms with Crippen molar-refractivity contribution in [3.05, 3.63) is 77.4 Å². The van der Waals surface area contributed by atoms with Crippen LogP contribution in [0.3, 0.4) is 0 Å². The highest BCUT2D eigenvalue weighted by Crippen LogP contribution is 2.25. The van der Waals surface area contributed by atoms with Crippen LogP contribution < -0.4 is 16.0 Å². The van der Waals surface area contributed by atoms with Crippen LogP contribution in [0.1, 0.15) is 47.3 Å². The lowest BCUT2D eigenvalue weighted by Gasteiger charge is -2.18. The summed E-state index contributed by atoms with van der Waals surface area (Å²) < 4.78 is 0. The van der Waals surface area contributed by atoms with E-state index in [4.69, 9.17) is 5.41 Å². The van der Waals surface area contributed by atoms with Gasteiger partial charge in [-0.1, -0.05) is 48.5 Å². The van der Waals surface area contributed by atoms with Gasteiger partial charge in [-0.05, 0) is 54.3 Å². The zero-order chi connectivity index (χ0) is 24.2. The number of carbonyl (C=O) groups is 3. The molecule has 0 aromatic heterocycles. The van der Waals surface area contributed by atoms with Gasteiger partial charge >= 0.3 is 0 Å². The first-order chi connectivity index (χ1) is 16.3. The number of aryl methyl sites for hydroxylation is 1. The monoisotopic (exact) mass is 456 g/mol. The minimum absolute atomic E-state index is 0.0966. The van der Waals surface area contributed by atoms with Crippen LogP contribution in [0.4, 0.5) is 5.69 Å². The second-order valence-corrected chi connectivity index (χ2v) is 8.71. The van der Waals surface area contributed by atoms with Gasteiger partial charge in [0.15, 0.2) is 0 Å². The highest BCUT2D eigenvalue weighted by Gasteiger charge is 2.27. The van der Waals surface area contributed by atoms with Gasteiger partial charge in [0.05, 0.1) is 11.8 Å². The Kier molecular flexibility index (Phi) is 6.72. The van der Waals surface area contributed by atoms with Crippen LogP contribution in [0.5, 0.6) is 0 Å². The van der Waals surface area contributed by atoms with Crippen molar-refractivity contribution in [3.8, 4) is 0 Å². The molecule has 1 saturated heterocycles. The third-order valence-corrected chi connectivity index (χ3v) is 6.26. The van der Waals surface area contributed by atoms with Gasteiger partial charge in [-0.25, -0.2) is 0 Å². The van der Waals surface area contributed by atoms with Gasteiger partial charge < -0.3 is 16.0 Å². The molecule has 0 unspecified atom stereocenters. The predicted molar refractivity (Wildman–Crippen MR) is 133 cm³/mol. The van der Waals surface area contributed by atoms with E-state index in [0.29, 0.717) is 24.2 Å². The smallest absolute Gasteiger partial charge is 0.269 e. The van der Waals surface area contributed by atoms with Crippen molar-refractivity contribution in [1.29, 1.82) is 5.41 Å². The quantitative estimate of drug-likeness (QED) is 0.401. The number of rotatable bonds is 7. The Bertz CT molecular complexity index is 1280. The molecule has 174 valence electrons. The Hall–Kier alpha value is -4.00. The third-order valence-electron chi connectivity index (χ3n) is 6.26. The second kappa shape index (κ2) is 9.87. The minimum atomic E-state index is -0.570. The maximum absolute atomic E-state index is 13.1. The molecule has 3 aromatic rings.